The third-order valence-electron chi connectivity index (χ3n) is 3.10. The van der Waals surface area contributed by atoms with Crippen molar-refractivity contribution in [2.24, 2.45) is 0 Å². The summed E-state index contributed by atoms with van der Waals surface area (Å²) >= 11 is 1.51. The van der Waals surface area contributed by atoms with E-state index >= 15 is 0 Å². The highest BCUT2D eigenvalue weighted by Gasteiger charge is 2.22. The third kappa shape index (κ3) is 2.53. The van der Waals surface area contributed by atoms with E-state index in [2.05, 4.69) is 44.0 Å². The van der Waals surface area contributed by atoms with E-state index < -0.39 is 0 Å². The zero-order chi connectivity index (χ0) is 13.3. The fourth-order valence-electron chi connectivity index (χ4n) is 2.04. The molecule has 1 unspecified atom stereocenters. The second-order valence-corrected chi connectivity index (χ2v) is 6.71. The molecule has 0 bridgehead atoms. The molecule has 2 rings (SSSR count). The van der Waals surface area contributed by atoms with Crippen molar-refractivity contribution in [1.29, 1.82) is 0 Å². The summed E-state index contributed by atoms with van der Waals surface area (Å²) in [5.41, 5.74) is 2.16. The zero-order valence-corrected chi connectivity index (χ0v) is 12.6. The van der Waals surface area contributed by atoms with E-state index in [1.807, 2.05) is 6.20 Å². The highest BCUT2D eigenvalue weighted by molar-refractivity contribution is 7.13. The van der Waals surface area contributed by atoms with Gasteiger partial charge in [-0.15, -0.1) is 0 Å². The van der Waals surface area contributed by atoms with E-state index in [4.69, 9.17) is 4.98 Å². The van der Waals surface area contributed by atoms with Crippen LogP contribution < -0.4 is 0 Å². The Morgan fingerprint density at radius 2 is 2.00 bits per heavy atom. The van der Waals surface area contributed by atoms with Gasteiger partial charge in [0.1, 0.15) is 11.3 Å². The first kappa shape index (κ1) is 13.4. The van der Waals surface area contributed by atoms with Gasteiger partial charge >= 0.3 is 0 Å². The van der Waals surface area contributed by atoms with Crippen molar-refractivity contribution >= 4 is 21.7 Å². The molecule has 3 nitrogen and oxygen atoms in total. The molecule has 0 N–H and O–H groups in total. The normalized spacial score (nSPS) is 14.1. The Morgan fingerprint density at radius 3 is 2.61 bits per heavy atom. The molecule has 2 aromatic rings. The first-order valence-corrected chi connectivity index (χ1v) is 7.33. The van der Waals surface area contributed by atoms with E-state index in [1.54, 1.807) is 0 Å². The minimum atomic E-state index is -0.0171. The van der Waals surface area contributed by atoms with E-state index in [0.717, 1.165) is 22.5 Å². The molecule has 0 aliphatic heterocycles. The number of fused-ring (bicyclic) bond motifs is 1. The van der Waals surface area contributed by atoms with Crippen molar-refractivity contribution in [3.05, 3.63) is 17.7 Å². The van der Waals surface area contributed by atoms with Crippen LogP contribution in [0.3, 0.4) is 0 Å². The number of aromatic nitrogens is 3. The summed E-state index contributed by atoms with van der Waals surface area (Å²) in [6.07, 6.45) is 4.20. The van der Waals surface area contributed by atoms with Crippen LogP contribution in [0.4, 0.5) is 0 Å². The maximum Gasteiger partial charge on any atom is 0.134 e. The molecule has 4 heteroatoms. The average molecular weight is 263 g/mol. The van der Waals surface area contributed by atoms with Crippen LogP contribution in [-0.4, -0.2) is 14.3 Å². The second-order valence-electron chi connectivity index (χ2n) is 5.91. The summed E-state index contributed by atoms with van der Waals surface area (Å²) in [6, 6.07) is 0. The van der Waals surface area contributed by atoms with Crippen LogP contribution >= 0.6 is 11.5 Å². The molecule has 18 heavy (non-hydrogen) atoms. The molecule has 0 saturated heterocycles. The van der Waals surface area contributed by atoms with Crippen molar-refractivity contribution in [2.45, 2.75) is 58.8 Å². The van der Waals surface area contributed by atoms with Crippen LogP contribution in [0, 0.1) is 0 Å². The quantitative estimate of drug-likeness (QED) is 0.829. The molecule has 0 aliphatic carbocycles. The Morgan fingerprint density at radius 1 is 1.28 bits per heavy atom. The van der Waals surface area contributed by atoms with Crippen molar-refractivity contribution in [1.82, 2.24) is 14.3 Å². The van der Waals surface area contributed by atoms with Crippen LogP contribution in [0.5, 0.6) is 0 Å². The smallest absolute Gasteiger partial charge is 0.134 e. The van der Waals surface area contributed by atoms with Crippen LogP contribution in [0.1, 0.15) is 64.9 Å². The third-order valence-corrected chi connectivity index (χ3v) is 3.91. The van der Waals surface area contributed by atoms with Crippen molar-refractivity contribution in [3.8, 4) is 0 Å². The monoisotopic (exact) mass is 263 g/mol. The lowest BCUT2D eigenvalue weighted by Crippen LogP contribution is -2.17. The minimum absolute atomic E-state index is 0.0171. The van der Waals surface area contributed by atoms with Gasteiger partial charge < -0.3 is 0 Å². The first-order chi connectivity index (χ1) is 8.43. The second kappa shape index (κ2) is 4.92. The predicted molar refractivity (Wildman–Crippen MR) is 77.2 cm³/mol. The van der Waals surface area contributed by atoms with Gasteiger partial charge in [0.25, 0.3) is 0 Å². The maximum absolute atomic E-state index is 4.82. The average Bonchev–Trinajstić information content (AvgIpc) is 2.74. The SMILES string of the molecule is CCCC(C)c1nc(C(C)(C)C)nc2cnsc12. The number of nitrogens with zero attached hydrogens (tertiary/aromatic N) is 3. The molecule has 0 radical (unpaired) electrons. The Bertz CT molecular complexity index is 539. The number of rotatable bonds is 3. The van der Waals surface area contributed by atoms with Gasteiger partial charge in [-0.2, -0.15) is 4.37 Å². The molecule has 0 amide bonds. The molecule has 2 aromatic heterocycles. The van der Waals surface area contributed by atoms with Crippen LogP contribution in [0.2, 0.25) is 0 Å². The fourth-order valence-corrected chi connectivity index (χ4v) is 2.83. The van der Waals surface area contributed by atoms with E-state index in [-0.39, 0.29) is 5.41 Å². The highest BCUT2D eigenvalue weighted by atomic mass is 32.1. The van der Waals surface area contributed by atoms with Gasteiger partial charge in [-0.25, -0.2) is 9.97 Å². The van der Waals surface area contributed by atoms with Crippen LogP contribution in [0.15, 0.2) is 6.20 Å². The number of hydrogen-bond acceptors (Lipinski definition) is 4. The molecule has 98 valence electrons. The summed E-state index contributed by atoms with van der Waals surface area (Å²) in [5.74, 6) is 1.40. The summed E-state index contributed by atoms with van der Waals surface area (Å²) in [7, 11) is 0. The van der Waals surface area contributed by atoms with E-state index in [9.17, 15) is 0 Å². The van der Waals surface area contributed by atoms with E-state index in [1.165, 1.54) is 23.6 Å². The molecule has 2 heterocycles. The Hall–Kier alpha value is -1.03. The minimum Gasteiger partial charge on any atom is -0.236 e. The molecular weight excluding hydrogens is 242 g/mol. The highest BCUT2D eigenvalue weighted by Crippen LogP contribution is 2.31. The molecule has 0 saturated carbocycles. The topological polar surface area (TPSA) is 38.7 Å². The summed E-state index contributed by atoms with van der Waals surface area (Å²) < 4.78 is 5.42. The van der Waals surface area contributed by atoms with Crippen molar-refractivity contribution < 1.29 is 0 Å². The molecule has 0 aromatic carbocycles. The summed E-state index contributed by atoms with van der Waals surface area (Å²) in [6.45, 7) is 10.9. The van der Waals surface area contributed by atoms with Crippen LogP contribution in [-0.2, 0) is 5.41 Å². The maximum atomic E-state index is 4.82. The Kier molecular flexibility index (Phi) is 3.66. The van der Waals surface area contributed by atoms with Crippen LogP contribution in [0.25, 0.3) is 10.2 Å². The lowest BCUT2D eigenvalue weighted by Gasteiger charge is -2.19. The van der Waals surface area contributed by atoms with Gasteiger partial charge in [-0.3, -0.25) is 0 Å². The van der Waals surface area contributed by atoms with Gasteiger partial charge in [0.05, 0.1) is 16.6 Å². The molecule has 0 spiro atoms. The molecule has 1 atom stereocenters. The van der Waals surface area contributed by atoms with E-state index in [0.29, 0.717) is 5.92 Å². The summed E-state index contributed by atoms with van der Waals surface area (Å²) in [5, 5.41) is 0. The molecule has 0 aliphatic rings. The Balaban J connectivity index is 2.58. The first-order valence-electron chi connectivity index (χ1n) is 6.56. The number of hydrogen-bond donors (Lipinski definition) is 0. The fraction of sp³-hybridized carbons (Fsp3) is 0.643. The zero-order valence-electron chi connectivity index (χ0n) is 11.8. The molecule has 0 fully saturated rings. The van der Waals surface area contributed by atoms with Gasteiger partial charge in [-0.05, 0) is 18.0 Å². The lowest BCUT2D eigenvalue weighted by molar-refractivity contribution is 0.538. The standard InChI is InChI=1S/C14H21N3S/c1-6-7-9(2)11-12-10(8-15-18-12)16-13(17-11)14(3,4)5/h8-9H,6-7H2,1-5H3. The predicted octanol–water partition coefficient (Wildman–Crippen LogP) is 4.29. The van der Waals surface area contributed by atoms with Gasteiger partial charge in [-0.1, -0.05) is 41.0 Å². The summed E-state index contributed by atoms with van der Waals surface area (Å²) in [4.78, 5) is 9.47. The lowest BCUT2D eigenvalue weighted by atomic mass is 9.94. The van der Waals surface area contributed by atoms with Crippen molar-refractivity contribution in [3.63, 3.8) is 0 Å². The molecular formula is C14H21N3S. The van der Waals surface area contributed by atoms with Crippen molar-refractivity contribution in [2.75, 3.05) is 0 Å². The largest absolute Gasteiger partial charge is 0.236 e. The van der Waals surface area contributed by atoms with Gasteiger partial charge in [0.15, 0.2) is 0 Å². The Labute approximate surface area is 113 Å². The van der Waals surface area contributed by atoms with Gasteiger partial charge in [0, 0.05) is 11.3 Å². The van der Waals surface area contributed by atoms with Gasteiger partial charge in [0.2, 0.25) is 0 Å².